The normalized spacial score (nSPS) is 16.7. The number of halogens is 2. The van der Waals surface area contributed by atoms with Crippen LogP contribution >= 0.6 is 28.1 Å². The summed E-state index contributed by atoms with van der Waals surface area (Å²) in [6.07, 6.45) is 6.58. The van der Waals surface area contributed by atoms with Gasteiger partial charge in [0.1, 0.15) is 5.82 Å². The number of nitrogens with zero attached hydrogens (tertiary/aromatic N) is 1. The number of H-pyrrole nitrogens is 1. The standard InChI is InChI=1S/C15H18BrFN2OS/c16-11-8-14-13(9-12(11)17)18-15(21)19(14)6-7-20-10-4-2-1-3-5-10/h8-10H,1-7H2,(H,18,21). The Labute approximate surface area is 136 Å². The number of aromatic amines is 1. The molecule has 0 unspecified atom stereocenters. The van der Waals surface area contributed by atoms with Crippen LogP contribution in [0.4, 0.5) is 4.39 Å². The minimum absolute atomic E-state index is 0.288. The second-order valence-corrected chi connectivity index (χ2v) is 6.74. The summed E-state index contributed by atoms with van der Waals surface area (Å²) < 4.78 is 22.5. The molecule has 1 aromatic carbocycles. The average Bonchev–Trinajstić information content (AvgIpc) is 2.76. The smallest absolute Gasteiger partial charge is 0.178 e. The Bertz CT molecular complexity index is 691. The lowest BCUT2D eigenvalue weighted by molar-refractivity contribution is 0.0243. The predicted octanol–water partition coefficient (Wildman–Crippen LogP) is 4.95. The molecule has 6 heteroatoms. The molecule has 1 aromatic heterocycles. The molecule has 0 saturated heterocycles. The molecule has 2 aromatic rings. The molecule has 0 amide bonds. The number of imidazole rings is 1. The Morgan fingerprint density at radius 1 is 1.33 bits per heavy atom. The number of ether oxygens (including phenoxy) is 1. The van der Waals surface area contributed by atoms with Crippen LogP contribution in [0.5, 0.6) is 0 Å². The van der Waals surface area contributed by atoms with Gasteiger partial charge in [0.2, 0.25) is 0 Å². The third-order valence-corrected chi connectivity index (χ3v) is 4.97. The minimum atomic E-state index is -0.288. The molecule has 0 aliphatic heterocycles. The van der Waals surface area contributed by atoms with Gasteiger partial charge in [0.15, 0.2) is 4.77 Å². The van der Waals surface area contributed by atoms with E-state index in [0.717, 1.165) is 23.9 Å². The number of nitrogens with one attached hydrogen (secondary N) is 1. The summed E-state index contributed by atoms with van der Waals surface area (Å²) in [7, 11) is 0. The average molecular weight is 373 g/mol. The second kappa shape index (κ2) is 6.58. The second-order valence-electron chi connectivity index (χ2n) is 5.50. The maximum atomic E-state index is 13.5. The number of benzene rings is 1. The van der Waals surface area contributed by atoms with Crippen molar-refractivity contribution in [3.05, 3.63) is 27.2 Å². The van der Waals surface area contributed by atoms with Crippen LogP contribution in [0.15, 0.2) is 16.6 Å². The van der Waals surface area contributed by atoms with E-state index in [0.29, 0.717) is 28.5 Å². The lowest BCUT2D eigenvalue weighted by Crippen LogP contribution is -2.19. The fourth-order valence-electron chi connectivity index (χ4n) is 2.92. The molecule has 3 nitrogen and oxygen atoms in total. The van der Waals surface area contributed by atoms with Gasteiger partial charge < -0.3 is 14.3 Å². The van der Waals surface area contributed by atoms with Gasteiger partial charge in [-0.25, -0.2) is 4.39 Å². The highest BCUT2D eigenvalue weighted by Gasteiger charge is 2.14. The van der Waals surface area contributed by atoms with Gasteiger partial charge in [0, 0.05) is 12.6 Å². The first-order valence-electron chi connectivity index (χ1n) is 7.34. The highest BCUT2D eigenvalue weighted by Crippen LogP contribution is 2.24. The third-order valence-electron chi connectivity index (χ3n) is 4.04. The van der Waals surface area contributed by atoms with Crippen LogP contribution in [0.3, 0.4) is 0 Å². The van der Waals surface area contributed by atoms with Gasteiger partial charge >= 0.3 is 0 Å². The van der Waals surface area contributed by atoms with Gasteiger partial charge in [0.05, 0.1) is 28.2 Å². The molecule has 0 bridgehead atoms. The Morgan fingerprint density at radius 2 is 2.10 bits per heavy atom. The molecule has 0 spiro atoms. The van der Waals surface area contributed by atoms with Crippen LogP contribution in [-0.4, -0.2) is 22.3 Å². The van der Waals surface area contributed by atoms with Crippen molar-refractivity contribution in [3.8, 4) is 0 Å². The highest BCUT2D eigenvalue weighted by molar-refractivity contribution is 9.10. The third kappa shape index (κ3) is 3.38. The number of rotatable bonds is 4. The van der Waals surface area contributed by atoms with Gasteiger partial charge in [-0.05, 0) is 47.1 Å². The van der Waals surface area contributed by atoms with Gasteiger partial charge in [0.25, 0.3) is 0 Å². The topological polar surface area (TPSA) is 29.9 Å². The monoisotopic (exact) mass is 372 g/mol. The van der Waals surface area contributed by atoms with Crippen LogP contribution in [0.2, 0.25) is 0 Å². The van der Waals surface area contributed by atoms with E-state index in [1.54, 1.807) is 6.07 Å². The summed E-state index contributed by atoms with van der Waals surface area (Å²) in [6.45, 7) is 1.33. The molecule has 21 heavy (non-hydrogen) atoms. The van der Waals surface area contributed by atoms with Crippen molar-refractivity contribution in [3.63, 3.8) is 0 Å². The van der Waals surface area contributed by atoms with Gasteiger partial charge in [-0.3, -0.25) is 0 Å². The molecule has 1 saturated carbocycles. The molecule has 1 heterocycles. The lowest BCUT2D eigenvalue weighted by Gasteiger charge is -2.22. The van der Waals surface area contributed by atoms with E-state index in [4.69, 9.17) is 17.0 Å². The summed E-state index contributed by atoms with van der Waals surface area (Å²) in [4.78, 5) is 3.04. The highest BCUT2D eigenvalue weighted by atomic mass is 79.9. The van der Waals surface area contributed by atoms with E-state index in [1.807, 2.05) is 4.57 Å². The zero-order valence-corrected chi connectivity index (χ0v) is 14.1. The molecular weight excluding hydrogens is 355 g/mol. The Kier molecular flexibility index (Phi) is 4.76. The quantitative estimate of drug-likeness (QED) is 0.769. The molecule has 1 aliphatic carbocycles. The first kappa shape index (κ1) is 15.2. The summed E-state index contributed by atoms with van der Waals surface area (Å²) in [6, 6.07) is 3.23. The van der Waals surface area contributed by atoms with Crippen molar-refractivity contribution in [1.82, 2.24) is 9.55 Å². The van der Waals surface area contributed by atoms with Crippen molar-refractivity contribution >= 4 is 39.2 Å². The summed E-state index contributed by atoms with van der Waals surface area (Å²) >= 11 is 8.55. The molecule has 1 fully saturated rings. The maximum absolute atomic E-state index is 13.5. The number of fused-ring (bicyclic) bond motifs is 1. The van der Waals surface area contributed by atoms with E-state index in [-0.39, 0.29) is 5.82 Å². The van der Waals surface area contributed by atoms with Crippen LogP contribution in [0.1, 0.15) is 32.1 Å². The van der Waals surface area contributed by atoms with E-state index < -0.39 is 0 Å². The maximum Gasteiger partial charge on any atom is 0.178 e. The fourth-order valence-corrected chi connectivity index (χ4v) is 3.55. The van der Waals surface area contributed by atoms with E-state index >= 15 is 0 Å². The lowest BCUT2D eigenvalue weighted by atomic mass is 9.98. The first-order chi connectivity index (χ1) is 10.1. The molecule has 114 valence electrons. The van der Waals surface area contributed by atoms with Crippen LogP contribution in [0, 0.1) is 10.6 Å². The van der Waals surface area contributed by atoms with Gasteiger partial charge in [-0.15, -0.1) is 0 Å². The van der Waals surface area contributed by atoms with Crippen LogP contribution in [0.25, 0.3) is 11.0 Å². The van der Waals surface area contributed by atoms with E-state index in [1.165, 1.54) is 25.3 Å². The van der Waals surface area contributed by atoms with Crippen molar-refractivity contribution in [2.45, 2.75) is 44.8 Å². The molecule has 3 rings (SSSR count). The van der Waals surface area contributed by atoms with Gasteiger partial charge in [-0.1, -0.05) is 19.3 Å². The summed E-state index contributed by atoms with van der Waals surface area (Å²) in [5.41, 5.74) is 1.62. The van der Waals surface area contributed by atoms with Crippen molar-refractivity contribution < 1.29 is 9.13 Å². The number of aromatic nitrogens is 2. The largest absolute Gasteiger partial charge is 0.376 e. The number of hydrogen-bond donors (Lipinski definition) is 1. The van der Waals surface area contributed by atoms with Crippen LogP contribution < -0.4 is 0 Å². The fraction of sp³-hybridized carbons (Fsp3) is 0.533. The van der Waals surface area contributed by atoms with Crippen molar-refractivity contribution in [2.24, 2.45) is 0 Å². The van der Waals surface area contributed by atoms with Gasteiger partial charge in [-0.2, -0.15) is 0 Å². The van der Waals surface area contributed by atoms with Crippen LogP contribution in [-0.2, 0) is 11.3 Å². The predicted molar refractivity (Wildman–Crippen MR) is 87.6 cm³/mol. The van der Waals surface area contributed by atoms with Crippen molar-refractivity contribution in [1.29, 1.82) is 0 Å². The molecule has 0 radical (unpaired) electrons. The Morgan fingerprint density at radius 3 is 2.86 bits per heavy atom. The molecule has 0 atom stereocenters. The SMILES string of the molecule is Fc1cc2[nH]c(=S)n(CCOC3CCCCC3)c2cc1Br. The van der Waals surface area contributed by atoms with E-state index in [9.17, 15) is 4.39 Å². The summed E-state index contributed by atoms with van der Waals surface area (Å²) in [5.74, 6) is -0.288. The summed E-state index contributed by atoms with van der Waals surface area (Å²) in [5, 5.41) is 0. The molecule has 1 N–H and O–H groups in total. The van der Waals surface area contributed by atoms with Crippen molar-refractivity contribution in [2.75, 3.05) is 6.61 Å². The molecular formula is C15H18BrFN2OS. The minimum Gasteiger partial charge on any atom is -0.376 e. The van der Waals surface area contributed by atoms with E-state index in [2.05, 4.69) is 20.9 Å². The zero-order chi connectivity index (χ0) is 14.8. The Hall–Kier alpha value is -0.720. The Balaban J connectivity index is 1.72. The first-order valence-corrected chi connectivity index (χ1v) is 8.54. The zero-order valence-electron chi connectivity index (χ0n) is 11.7. The molecule has 1 aliphatic rings. The number of hydrogen-bond acceptors (Lipinski definition) is 2.